The zero-order chi connectivity index (χ0) is 14.1. The SMILES string of the molecule is CCN1CCC(NC(=O)c2cc(F)cc3[nH]cnc23)C1. The second kappa shape index (κ2) is 5.20. The Kier molecular flexibility index (Phi) is 3.40. The molecule has 2 N–H and O–H groups in total. The number of aromatic amines is 1. The molecule has 1 aromatic carbocycles. The van der Waals surface area contributed by atoms with Gasteiger partial charge in [0.15, 0.2) is 0 Å². The predicted octanol–water partition coefficient (Wildman–Crippen LogP) is 1.53. The van der Waals surface area contributed by atoms with Crippen molar-refractivity contribution < 1.29 is 9.18 Å². The number of nitrogens with one attached hydrogen (secondary N) is 2. The van der Waals surface area contributed by atoms with Crippen LogP contribution in [0.2, 0.25) is 0 Å². The fourth-order valence-electron chi connectivity index (χ4n) is 2.69. The van der Waals surface area contributed by atoms with Gasteiger partial charge in [0.1, 0.15) is 11.3 Å². The van der Waals surface area contributed by atoms with Gasteiger partial charge in [-0.2, -0.15) is 0 Å². The van der Waals surface area contributed by atoms with Gasteiger partial charge in [0.25, 0.3) is 5.91 Å². The Labute approximate surface area is 116 Å². The van der Waals surface area contributed by atoms with Crippen LogP contribution in [0.4, 0.5) is 4.39 Å². The summed E-state index contributed by atoms with van der Waals surface area (Å²) >= 11 is 0. The number of hydrogen-bond acceptors (Lipinski definition) is 3. The first-order valence-corrected chi connectivity index (χ1v) is 6.83. The number of amides is 1. The van der Waals surface area contributed by atoms with Crippen LogP contribution in [0.3, 0.4) is 0 Å². The van der Waals surface area contributed by atoms with Crippen LogP contribution < -0.4 is 5.32 Å². The lowest BCUT2D eigenvalue weighted by Gasteiger charge is -2.14. The molecule has 2 heterocycles. The van der Waals surface area contributed by atoms with Crippen LogP contribution in [0.1, 0.15) is 23.7 Å². The molecule has 0 bridgehead atoms. The van der Waals surface area contributed by atoms with Crippen LogP contribution in [0, 0.1) is 5.82 Å². The second-order valence-corrected chi connectivity index (χ2v) is 5.10. The number of carbonyl (C=O) groups excluding carboxylic acids is 1. The van der Waals surface area contributed by atoms with E-state index in [1.165, 1.54) is 18.5 Å². The summed E-state index contributed by atoms with van der Waals surface area (Å²) in [4.78, 5) is 21.5. The number of aromatic nitrogens is 2. The van der Waals surface area contributed by atoms with Crippen LogP contribution in [-0.2, 0) is 0 Å². The number of likely N-dealkylation sites (tertiary alicyclic amines) is 1. The molecule has 20 heavy (non-hydrogen) atoms. The van der Waals surface area contributed by atoms with Crippen LogP contribution in [0.25, 0.3) is 11.0 Å². The first-order valence-electron chi connectivity index (χ1n) is 6.83. The zero-order valence-electron chi connectivity index (χ0n) is 11.3. The molecule has 2 aromatic rings. The number of benzene rings is 1. The summed E-state index contributed by atoms with van der Waals surface area (Å²) in [5, 5.41) is 2.97. The van der Waals surface area contributed by atoms with Crippen molar-refractivity contribution in [2.45, 2.75) is 19.4 Å². The highest BCUT2D eigenvalue weighted by Gasteiger charge is 2.24. The van der Waals surface area contributed by atoms with Crippen molar-refractivity contribution in [3.05, 3.63) is 29.8 Å². The van der Waals surface area contributed by atoms with Crippen molar-refractivity contribution >= 4 is 16.9 Å². The summed E-state index contributed by atoms with van der Waals surface area (Å²) in [6, 6.07) is 2.71. The number of fused-ring (bicyclic) bond motifs is 1. The molecule has 0 aliphatic carbocycles. The lowest BCUT2D eigenvalue weighted by molar-refractivity contribution is 0.0939. The second-order valence-electron chi connectivity index (χ2n) is 5.10. The molecule has 5 nitrogen and oxygen atoms in total. The van der Waals surface area contributed by atoms with E-state index in [4.69, 9.17) is 0 Å². The normalized spacial score (nSPS) is 19.6. The molecule has 1 unspecified atom stereocenters. The first-order chi connectivity index (χ1) is 9.67. The van der Waals surface area contributed by atoms with E-state index in [1.54, 1.807) is 0 Å². The largest absolute Gasteiger partial charge is 0.348 e. The van der Waals surface area contributed by atoms with Gasteiger partial charge in [0, 0.05) is 19.1 Å². The average Bonchev–Trinajstić information content (AvgIpc) is 3.05. The van der Waals surface area contributed by atoms with Crippen molar-refractivity contribution in [3.63, 3.8) is 0 Å². The molecule has 106 valence electrons. The van der Waals surface area contributed by atoms with Gasteiger partial charge in [-0.3, -0.25) is 4.79 Å². The minimum Gasteiger partial charge on any atom is -0.348 e. The number of hydrogen-bond donors (Lipinski definition) is 2. The minimum absolute atomic E-state index is 0.125. The Morgan fingerprint density at radius 2 is 2.45 bits per heavy atom. The summed E-state index contributed by atoms with van der Waals surface area (Å²) in [5.41, 5.74) is 1.34. The van der Waals surface area contributed by atoms with Crippen LogP contribution in [0.15, 0.2) is 18.5 Å². The third-order valence-electron chi connectivity index (χ3n) is 3.79. The van der Waals surface area contributed by atoms with E-state index < -0.39 is 5.82 Å². The topological polar surface area (TPSA) is 61.0 Å². The highest BCUT2D eigenvalue weighted by molar-refractivity contribution is 6.04. The average molecular weight is 276 g/mol. The Morgan fingerprint density at radius 1 is 1.60 bits per heavy atom. The summed E-state index contributed by atoms with van der Waals surface area (Å²) in [6.07, 6.45) is 2.40. The van der Waals surface area contributed by atoms with Crippen LogP contribution >= 0.6 is 0 Å². The van der Waals surface area contributed by atoms with Crippen molar-refractivity contribution in [1.29, 1.82) is 0 Å². The minimum atomic E-state index is -0.437. The van der Waals surface area contributed by atoms with E-state index in [2.05, 4.69) is 27.1 Å². The maximum absolute atomic E-state index is 13.5. The van der Waals surface area contributed by atoms with Crippen molar-refractivity contribution in [2.75, 3.05) is 19.6 Å². The molecule has 0 spiro atoms. The molecule has 1 aliphatic rings. The van der Waals surface area contributed by atoms with Crippen LogP contribution in [-0.4, -0.2) is 46.5 Å². The third kappa shape index (κ3) is 2.38. The Balaban J connectivity index is 1.80. The van der Waals surface area contributed by atoms with E-state index in [9.17, 15) is 9.18 Å². The van der Waals surface area contributed by atoms with Gasteiger partial charge in [-0.05, 0) is 25.1 Å². The highest BCUT2D eigenvalue weighted by Crippen LogP contribution is 2.18. The molecule has 3 rings (SSSR count). The van der Waals surface area contributed by atoms with Gasteiger partial charge in [0.2, 0.25) is 0 Å². The lowest BCUT2D eigenvalue weighted by atomic mass is 10.1. The number of rotatable bonds is 3. The molecule has 6 heteroatoms. The standard InChI is InChI=1S/C14H17FN4O/c1-2-19-4-3-10(7-19)18-14(20)11-5-9(15)6-12-13(11)17-8-16-12/h5-6,8,10H,2-4,7H2,1H3,(H,16,17)(H,18,20). The summed E-state index contributed by atoms with van der Waals surface area (Å²) < 4.78 is 13.5. The monoisotopic (exact) mass is 276 g/mol. The maximum atomic E-state index is 13.5. The molecule has 1 amide bonds. The number of carbonyl (C=O) groups is 1. The smallest absolute Gasteiger partial charge is 0.253 e. The van der Waals surface area contributed by atoms with Crippen molar-refractivity contribution in [3.8, 4) is 0 Å². The summed E-state index contributed by atoms with van der Waals surface area (Å²) in [5.74, 6) is -0.696. The molecule has 1 saturated heterocycles. The van der Waals surface area contributed by atoms with Gasteiger partial charge in [-0.25, -0.2) is 9.37 Å². The van der Waals surface area contributed by atoms with E-state index in [0.717, 1.165) is 26.1 Å². The van der Waals surface area contributed by atoms with Crippen molar-refractivity contribution in [1.82, 2.24) is 20.2 Å². The fourth-order valence-corrected chi connectivity index (χ4v) is 2.69. The Bertz CT molecular complexity index is 639. The number of imidazole rings is 1. The van der Waals surface area contributed by atoms with Crippen molar-refractivity contribution in [2.24, 2.45) is 0 Å². The van der Waals surface area contributed by atoms with E-state index in [0.29, 0.717) is 11.0 Å². The summed E-state index contributed by atoms with van der Waals surface area (Å²) in [7, 11) is 0. The van der Waals surface area contributed by atoms with Gasteiger partial charge in [-0.15, -0.1) is 0 Å². The quantitative estimate of drug-likeness (QED) is 0.893. The van der Waals surface area contributed by atoms with Gasteiger partial charge >= 0.3 is 0 Å². The van der Waals surface area contributed by atoms with E-state index in [-0.39, 0.29) is 17.5 Å². The molecule has 1 aromatic heterocycles. The van der Waals surface area contributed by atoms with Gasteiger partial charge in [0.05, 0.1) is 17.4 Å². The fraction of sp³-hybridized carbons (Fsp3) is 0.429. The number of likely N-dealkylation sites (N-methyl/N-ethyl adjacent to an activating group) is 1. The Hall–Kier alpha value is -1.95. The molecule has 1 aliphatic heterocycles. The highest BCUT2D eigenvalue weighted by atomic mass is 19.1. The van der Waals surface area contributed by atoms with Gasteiger partial charge in [-0.1, -0.05) is 6.92 Å². The Morgan fingerprint density at radius 3 is 3.20 bits per heavy atom. The number of nitrogens with zero attached hydrogens (tertiary/aromatic N) is 2. The van der Waals surface area contributed by atoms with Gasteiger partial charge < -0.3 is 15.2 Å². The number of halogens is 1. The molecular weight excluding hydrogens is 259 g/mol. The molecular formula is C14H17FN4O. The summed E-state index contributed by atoms with van der Waals surface area (Å²) in [6.45, 7) is 4.92. The van der Waals surface area contributed by atoms with E-state index in [1.807, 2.05) is 0 Å². The third-order valence-corrected chi connectivity index (χ3v) is 3.79. The predicted molar refractivity (Wildman–Crippen MR) is 74.0 cm³/mol. The van der Waals surface area contributed by atoms with Crippen LogP contribution in [0.5, 0.6) is 0 Å². The molecule has 1 atom stereocenters. The molecule has 1 fully saturated rings. The lowest BCUT2D eigenvalue weighted by Crippen LogP contribution is -2.37. The first kappa shape index (κ1) is 13.1. The molecule has 0 radical (unpaired) electrons. The zero-order valence-corrected chi connectivity index (χ0v) is 11.3. The number of H-pyrrole nitrogens is 1. The molecule has 0 saturated carbocycles. The maximum Gasteiger partial charge on any atom is 0.253 e. The van der Waals surface area contributed by atoms with E-state index >= 15 is 0 Å².